The molecule has 8 N–H and O–H groups in total. The van der Waals surface area contributed by atoms with Crippen LogP contribution in [0.15, 0.2) is 36.4 Å². The van der Waals surface area contributed by atoms with Crippen molar-refractivity contribution in [2.45, 2.75) is 103 Å². The third-order valence-corrected chi connectivity index (χ3v) is 7.83. The van der Waals surface area contributed by atoms with Gasteiger partial charge in [-0.25, -0.2) is 0 Å². The molecule has 0 spiro atoms. The molecule has 0 fully saturated rings. The van der Waals surface area contributed by atoms with Crippen LogP contribution in [0.3, 0.4) is 0 Å². The van der Waals surface area contributed by atoms with Crippen molar-refractivity contribution in [1.29, 1.82) is 0 Å². The van der Waals surface area contributed by atoms with Gasteiger partial charge in [-0.2, -0.15) is 0 Å². The Balaban J connectivity index is 1.51. The summed E-state index contributed by atoms with van der Waals surface area (Å²) in [6, 6.07) is 9.35. The molecule has 0 aliphatic rings. The molecular weight excluding hydrogens is 636 g/mol. The van der Waals surface area contributed by atoms with E-state index in [1.807, 2.05) is 41.5 Å². The van der Waals surface area contributed by atoms with Gasteiger partial charge in [0.05, 0.1) is 89.5 Å². The van der Waals surface area contributed by atoms with E-state index in [0.29, 0.717) is 75.0 Å². The molecule has 49 heavy (non-hydrogen) atoms. The summed E-state index contributed by atoms with van der Waals surface area (Å²) in [5.41, 5.74) is 1.97. The highest BCUT2D eigenvalue weighted by Crippen LogP contribution is 2.23. The summed E-state index contributed by atoms with van der Waals surface area (Å²) < 4.78 is 29.4. The molecule has 0 aromatic heterocycles. The van der Waals surface area contributed by atoms with Crippen LogP contribution < -0.4 is 10.6 Å². The molecule has 0 saturated carbocycles. The van der Waals surface area contributed by atoms with E-state index in [2.05, 4.69) is 10.6 Å². The van der Waals surface area contributed by atoms with E-state index in [-0.39, 0.29) is 61.2 Å². The maximum absolute atomic E-state index is 10.5. The highest BCUT2D eigenvalue weighted by molar-refractivity contribution is 5.37. The fourth-order valence-electron chi connectivity index (χ4n) is 4.67. The summed E-state index contributed by atoms with van der Waals surface area (Å²) in [6.07, 6.45) is -2.10. The average molecular weight is 697 g/mol. The molecule has 13 nitrogen and oxygen atoms in total. The topological polar surface area (TPSA) is 192 Å². The Bertz CT molecular complexity index is 1190. The first kappa shape index (κ1) is 42.8. The lowest BCUT2D eigenvalue weighted by Gasteiger charge is -2.23. The number of ether oxygens (including phenoxy) is 5. The number of aromatic hydroxyl groups is 2. The van der Waals surface area contributed by atoms with Crippen molar-refractivity contribution in [2.75, 3.05) is 52.7 Å². The van der Waals surface area contributed by atoms with Crippen LogP contribution in [0.1, 0.15) is 76.0 Å². The number of benzene rings is 2. The van der Waals surface area contributed by atoms with Crippen LogP contribution in [0.2, 0.25) is 0 Å². The van der Waals surface area contributed by atoms with Gasteiger partial charge in [0.1, 0.15) is 11.5 Å². The summed E-state index contributed by atoms with van der Waals surface area (Å²) >= 11 is 0. The van der Waals surface area contributed by atoms with Gasteiger partial charge in [0.25, 0.3) is 0 Å². The Morgan fingerprint density at radius 2 is 0.898 bits per heavy atom. The van der Waals surface area contributed by atoms with E-state index < -0.39 is 12.2 Å². The van der Waals surface area contributed by atoms with E-state index in [1.165, 1.54) is 12.1 Å². The fraction of sp³-hybridized carbons (Fsp3) is 0.667. The zero-order valence-electron chi connectivity index (χ0n) is 29.9. The lowest BCUT2D eigenvalue weighted by atomic mass is 10.1. The quantitative estimate of drug-likeness (QED) is 0.0717. The van der Waals surface area contributed by atoms with Crippen molar-refractivity contribution < 1.29 is 54.3 Å². The Hall–Kier alpha value is -2.40. The molecule has 8 atom stereocenters. The minimum atomic E-state index is -0.786. The zero-order valence-corrected chi connectivity index (χ0v) is 29.9. The molecule has 2 rings (SSSR count). The lowest BCUT2D eigenvalue weighted by molar-refractivity contribution is -0.0932. The van der Waals surface area contributed by atoms with Crippen LogP contribution in [0.5, 0.6) is 11.5 Å². The molecule has 13 heteroatoms. The molecule has 0 saturated heterocycles. The van der Waals surface area contributed by atoms with Crippen molar-refractivity contribution in [3.05, 3.63) is 58.7 Å². The Morgan fingerprint density at radius 3 is 1.31 bits per heavy atom. The van der Waals surface area contributed by atoms with Crippen molar-refractivity contribution in [3.63, 3.8) is 0 Å². The van der Waals surface area contributed by atoms with Gasteiger partial charge >= 0.3 is 0 Å². The maximum Gasteiger partial charge on any atom is 0.121 e. The van der Waals surface area contributed by atoms with E-state index in [1.54, 1.807) is 24.3 Å². The summed E-state index contributed by atoms with van der Waals surface area (Å²) in [6.45, 7) is 14.2. The van der Waals surface area contributed by atoms with Gasteiger partial charge in [0.15, 0.2) is 0 Å². The number of aliphatic hydroxyl groups excluding tert-OH is 4. The van der Waals surface area contributed by atoms with Crippen LogP contribution in [0.4, 0.5) is 0 Å². The number of rotatable bonds is 26. The van der Waals surface area contributed by atoms with Crippen LogP contribution in [0, 0.1) is 0 Å². The Kier molecular flexibility index (Phi) is 20.2. The van der Waals surface area contributed by atoms with Gasteiger partial charge in [-0.05, 0) is 76.9 Å². The first-order chi connectivity index (χ1) is 23.3. The second-order valence-electron chi connectivity index (χ2n) is 12.9. The standard InChI is InChI=1S/C36H60N2O11/c1-23(37-13-35(43)29-7-9-33(41)31(11-29)15-39)17-45-19-25(3)47-21-27(5)49-22-28(6)48-20-26(4)46-18-24(2)38-14-36(44)30-8-10-34(42)32(12-30)16-40/h7-12,23-28,35-44H,13-22H2,1-6H3. The Labute approximate surface area is 291 Å². The maximum atomic E-state index is 10.5. The van der Waals surface area contributed by atoms with Crippen LogP contribution in [-0.2, 0) is 36.9 Å². The molecule has 280 valence electrons. The van der Waals surface area contributed by atoms with Crippen LogP contribution >= 0.6 is 0 Å². The predicted octanol–water partition coefficient (Wildman–Crippen LogP) is 2.44. The van der Waals surface area contributed by atoms with Crippen molar-refractivity contribution in [3.8, 4) is 11.5 Å². The predicted molar refractivity (Wildman–Crippen MR) is 185 cm³/mol. The molecule has 0 amide bonds. The third kappa shape index (κ3) is 16.9. The molecule has 8 unspecified atom stereocenters. The minimum absolute atomic E-state index is 0.000541. The van der Waals surface area contributed by atoms with Gasteiger partial charge in [-0.3, -0.25) is 0 Å². The molecule has 0 aliphatic heterocycles. The molecule has 2 aromatic carbocycles. The van der Waals surface area contributed by atoms with Crippen molar-refractivity contribution in [2.24, 2.45) is 0 Å². The fourth-order valence-corrected chi connectivity index (χ4v) is 4.67. The first-order valence-electron chi connectivity index (χ1n) is 17.0. The van der Waals surface area contributed by atoms with Crippen LogP contribution in [0.25, 0.3) is 0 Å². The summed E-state index contributed by atoms with van der Waals surface area (Å²) in [4.78, 5) is 0. The average Bonchev–Trinajstić information content (AvgIpc) is 3.09. The van der Waals surface area contributed by atoms with Gasteiger partial charge in [-0.1, -0.05) is 12.1 Å². The SMILES string of the molecule is CC(COCC(C)OCC(C)OCC(C)OCC(C)OCC(C)NCC(O)c1ccc(O)c(CO)c1)NCC(O)c1ccc(O)c(CO)c1. The van der Waals surface area contributed by atoms with E-state index >= 15 is 0 Å². The summed E-state index contributed by atoms with van der Waals surface area (Å²) in [7, 11) is 0. The zero-order chi connectivity index (χ0) is 36.3. The third-order valence-electron chi connectivity index (χ3n) is 7.83. The molecular formula is C36H60N2O11. The number of phenols is 2. The lowest BCUT2D eigenvalue weighted by Crippen LogP contribution is -2.36. The van der Waals surface area contributed by atoms with E-state index in [4.69, 9.17) is 23.7 Å². The highest BCUT2D eigenvalue weighted by atomic mass is 16.6. The first-order valence-corrected chi connectivity index (χ1v) is 17.0. The monoisotopic (exact) mass is 696 g/mol. The minimum Gasteiger partial charge on any atom is -0.508 e. The van der Waals surface area contributed by atoms with E-state index in [9.17, 15) is 30.6 Å². The van der Waals surface area contributed by atoms with Gasteiger partial charge in [0.2, 0.25) is 0 Å². The van der Waals surface area contributed by atoms with Crippen molar-refractivity contribution in [1.82, 2.24) is 10.6 Å². The second-order valence-corrected chi connectivity index (χ2v) is 12.9. The molecule has 2 aromatic rings. The number of hydrogen-bond acceptors (Lipinski definition) is 13. The number of nitrogens with one attached hydrogen (secondary N) is 2. The summed E-state index contributed by atoms with van der Waals surface area (Å²) in [5, 5.41) is 65.4. The van der Waals surface area contributed by atoms with Crippen molar-refractivity contribution >= 4 is 0 Å². The largest absolute Gasteiger partial charge is 0.508 e. The van der Waals surface area contributed by atoms with Gasteiger partial charge < -0.3 is 65.0 Å². The smallest absolute Gasteiger partial charge is 0.121 e. The van der Waals surface area contributed by atoms with Gasteiger partial charge in [-0.15, -0.1) is 0 Å². The van der Waals surface area contributed by atoms with Crippen LogP contribution in [-0.4, -0.2) is 120 Å². The Morgan fingerprint density at radius 1 is 0.531 bits per heavy atom. The molecule has 0 radical (unpaired) electrons. The van der Waals surface area contributed by atoms with Gasteiger partial charge in [0, 0.05) is 36.3 Å². The number of hydrogen-bond donors (Lipinski definition) is 8. The summed E-state index contributed by atoms with van der Waals surface area (Å²) in [5.74, 6) is 0.00134. The van der Waals surface area contributed by atoms with E-state index in [0.717, 1.165) is 0 Å². The molecule has 0 heterocycles. The molecule has 0 aliphatic carbocycles. The normalized spacial score (nSPS) is 16.9. The molecule has 0 bridgehead atoms. The number of aliphatic hydroxyl groups is 4. The highest BCUT2D eigenvalue weighted by Gasteiger charge is 2.16. The second kappa shape index (κ2) is 23.1.